The zero-order valence-electron chi connectivity index (χ0n) is 32.9. The zero-order valence-corrected chi connectivity index (χ0v) is 32.9. The molecule has 0 radical (unpaired) electrons. The molecule has 5 aliphatic carbocycles. The summed E-state index contributed by atoms with van der Waals surface area (Å²) < 4.78 is 0. The Morgan fingerprint density at radius 1 is 0.760 bits per heavy atom. The second-order valence-corrected chi connectivity index (χ2v) is 17.0. The molecule has 0 saturated heterocycles. The quantitative estimate of drug-likeness (QED) is 0.322. The minimum absolute atomic E-state index is 0.0895. The molecule has 0 spiro atoms. The molecular formula is C46H67NO3. The summed E-state index contributed by atoms with van der Waals surface area (Å²) in [6.45, 7) is 17.5. The van der Waals surface area contributed by atoms with Crippen molar-refractivity contribution in [3.8, 4) is 38.5 Å². The predicted octanol–water partition coefficient (Wildman–Crippen LogP) is 10.9. The summed E-state index contributed by atoms with van der Waals surface area (Å²) in [4.78, 5) is 23.4. The monoisotopic (exact) mass is 682 g/mol. The van der Waals surface area contributed by atoms with Crippen LogP contribution in [-0.2, 0) is 4.79 Å². The first-order valence-electron chi connectivity index (χ1n) is 18.9. The number of aromatic carboxylic acids is 1. The largest absolute Gasteiger partial charge is 0.478 e. The van der Waals surface area contributed by atoms with Crippen LogP contribution in [0.25, 0.3) is 5.57 Å². The van der Waals surface area contributed by atoms with E-state index in [1.54, 1.807) is 31.1 Å². The first-order valence-corrected chi connectivity index (χ1v) is 18.9. The number of carbonyl (C=O) groups is 2. The number of fused-ring (bicyclic) bond motifs is 7. The number of carboxylic acids is 1. The van der Waals surface area contributed by atoms with Crippen molar-refractivity contribution in [2.24, 2.45) is 50.7 Å². The van der Waals surface area contributed by atoms with Gasteiger partial charge in [0, 0.05) is 20.5 Å². The van der Waals surface area contributed by atoms with Gasteiger partial charge in [-0.3, -0.25) is 4.79 Å². The molecule has 1 amide bonds. The molecule has 274 valence electrons. The van der Waals surface area contributed by atoms with E-state index in [2.05, 4.69) is 86.2 Å². The topological polar surface area (TPSA) is 57.6 Å². The Balaban J connectivity index is 0.000000584. The van der Waals surface area contributed by atoms with Crippen molar-refractivity contribution in [1.82, 2.24) is 4.90 Å². The Morgan fingerprint density at radius 3 is 1.86 bits per heavy atom. The van der Waals surface area contributed by atoms with Crippen molar-refractivity contribution in [1.29, 1.82) is 0 Å². The van der Waals surface area contributed by atoms with E-state index in [4.69, 9.17) is 0 Å². The van der Waals surface area contributed by atoms with Crippen LogP contribution in [0.5, 0.6) is 0 Å². The van der Waals surface area contributed by atoms with Gasteiger partial charge in [-0.2, -0.15) is 0 Å². The predicted molar refractivity (Wildman–Crippen MR) is 211 cm³/mol. The number of carbonyl (C=O) groups excluding carboxylic acids is 1. The molecule has 3 unspecified atom stereocenters. The summed E-state index contributed by atoms with van der Waals surface area (Å²) in [7, 11) is 3.51. The molecule has 0 aliphatic heterocycles. The van der Waals surface area contributed by atoms with Crippen LogP contribution < -0.4 is 0 Å². The first kappa shape index (κ1) is 42.7. The Kier molecular flexibility index (Phi) is 14.3. The zero-order chi connectivity index (χ0) is 38.3. The van der Waals surface area contributed by atoms with Gasteiger partial charge in [-0.25, -0.2) is 4.79 Å². The molecular weight excluding hydrogens is 615 g/mol. The van der Waals surface area contributed by atoms with E-state index in [9.17, 15) is 14.7 Å². The summed E-state index contributed by atoms with van der Waals surface area (Å²) in [5, 5.41) is 9.38. The second-order valence-electron chi connectivity index (χ2n) is 17.0. The fourth-order valence-electron chi connectivity index (χ4n) is 12.5. The highest BCUT2D eigenvalue weighted by Crippen LogP contribution is 2.77. The normalized spacial score (nSPS) is 35.5. The third kappa shape index (κ3) is 7.05. The number of terminal acetylenes is 3. The molecule has 6 rings (SSSR count). The van der Waals surface area contributed by atoms with Crippen LogP contribution in [0.4, 0.5) is 0 Å². The number of rotatable bonds is 4. The number of allylic oxidation sites excluding steroid dienone is 2. The van der Waals surface area contributed by atoms with Gasteiger partial charge in [0.2, 0.25) is 5.91 Å². The highest BCUT2D eigenvalue weighted by atomic mass is 16.4. The van der Waals surface area contributed by atoms with Gasteiger partial charge in [0.25, 0.3) is 0 Å². The lowest BCUT2D eigenvalue weighted by molar-refractivity contribution is -0.223. The lowest BCUT2D eigenvalue weighted by Gasteiger charge is -2.72. The summed E-state index contributed by atoms with van der Waals surface area (Å²) in [5.41, 5.74) is 5.04. The summed E-state index contributed by atoms with van der Waals surface area (Å²) in [5.74, 6) is 2.70. The van der Waals surface area contributed by atoms with Crippen LogP contribution in [0.2, 0.25) is 0 Å². The fraction of sp³-hybridized carbons (Fsp3) is 0.652. The molecule has 0 heterocycles. The van der Waals surface area contributed by atoms with Gasteiger partial charge < -0.3 is 10.0 Å². The number of amides is 1. The van der Waals surface area contributed by atoms with Crippen LogP contribution in [0.3, 0.4) is 0 Å². The summed E-state index contributed by atoms with van der Waals surface area (Å²) in [6.07, 6.45) is 42.7. The standard InChI is InChI=1S/C35H50O2.C5H11NO.3C2H2/c1-7-35-18-8-9-27(35)26-14-15-29-32(4)19-16-25(23-10-12-24(13-11-23)30(36)37)31(2,3)28(32)17-20-34(29,6)33(26,5)21-22-35;1-4-5(7)6(2)3;3*1-2/h10-13,16,26-29H,7-9,14-15,17-22H2,1-6H3,(H,36,37);4H2,1-3H3;3*1-2H/t26-,27?,28?,29?,32+,33-,34-,35-;;;;/m1..../s1. The van der Waals surface area contributed by atoms with Crippen molar-refractivity contribution in [3.63, 3.8) is 0 Å². The van der Waals surface area contributed by atoms with Crippen LogP contribution in [0, 0.1) is 89.3 Å². The molecule has 8 atom stereocenters. The van der Waals surface area contributed by atoms with Crippen LogP contribution in [0.1, 0.15) is 141 Å². The molecule has 1 aromatic carbocycles. The third-order valence-corrected chi connectivity index (χ3v) is 15.1. The third-order valence-electron chi connectivity index (χ3n) is 15.1. The van der Waals surface area contributed by atoms with E-state index >= 15 is 0 Å². The molecule has 4 saturated carbocycles. The Morgan fingerprint density at radius 2 is 1.36 bits per heavy atom. The molecule has 0 bridgehead atoms. The average Bonchev–Trinajstić information content (AvgIpc) is 3.55. The van der Waals surface area contributed by atoms with Crippen molar-refractivity contribution in [2.45, 2.75) is 126 Å². The van der Waals surface area contributed by atoms with Crippen LogP contribution >= 0.6 is 0 Å². The molecule has 1 N–H and O–H groups in total. The molecule has 4 nitrogen and oxygen atoms in total. The van der Waals surface area contributed by atoms with Gasteiger partial charge in [-0.15, -0.1) is 38.5 Å². The van der Waals surface area contributed by atoms with E-state index in [-0.39, 0.29) is 11.3 Å². The smallest absolute Gasteiger partial charge is 0.335 e. The highest BCUT2D eigenvalue weighted by molar-refractivity contribution is 5.88. The van der Waals surface area contributed by atoms with Crippen molar-refractivity contribution < 1.29 is 14.7 Å². The fourth-order valence-corrected chi connectivity index (χ4v) is 12.5. The number of carboxylic acid groups (broad SMARTS) is 1. The first-order chi connectivity index (χ1) is 23.6. The van der Waals surface area contributed by atoms with E-state index in [0.29, 0.717) is 39.6 Å². The molecule has 4 fully saturated rings. The average molecular weight is 682 g/mol. The van der Waals surface area contributed by atoms with E-state index in [0.717, 1.165) is 17.8 Å². The van der Waals surface area contributed by atoms with Crippen molar-refractivity contribution in [3.05, 3.63) is 41.5 Å². The van der Waals surface area contributed by atoms with Crippen LogP contribution in [0.15, 0.2) is 30.3 Å². The molecule has 0 aromatic heterocycles. The van der Waals surface area contributed by atoms with Crippen molar-refractivity contribution >= 4 is 17.4 Å². The minimum Gasteiger partial charge on any atom is -0.478 e. The number of nitrogens with zero attached hydrogens (tertiary/aromatic N) is 1. The van der Waals surface area contributed by atoms with Crippen LogP contribution in [-0.4, -0.2) is 36.0 Å². The SMILES string of the molecule is C#C.C#C.C#C.CCC(=O)N(C)C.CC[C@]12CCCC1[C@H]1CCC3[C@@]4(C)CC=C(c5ccc(C(=O)O)cc5)C(C)(C)C4CC[C@@]3(C)[C@]1(C)CC2. The Hall–Kier alpha value is -3.42. The number of hydrogen-bond acceptors (Lipinski definition) is 2. The number of hydrogen-bond donors (Lipinski definition) is 1. The van der Waals surface area contributed by atoms with Gasteiger partial charge in [0.1, 0.15) is 0 Å². The lowest BCUT2D eigenvalue weighted by Crippen LogP contribution is -2.64. The molecule has 1 aromatic rings. The minimum atomic E-state index is -0.844. The van der Waals surface area contributed by atoms with Gasteiger partial charge in [0.05, 0.1) is 5.56 Å². The van der Waals surface area contributed by atoms with Gasteiger partial charge >= 0.3 is 5.97 Å². The summed E-state index contributed by atoms with van der Waals surface area (Å²) in [6, 6.07) is 7.65. The van der Waals surface area contributed by atoms with E-state index in [1.807, 2.05) is 19.1 Å². The Bertz CT molecular complexity index is 1400. The molecule has 5 aliphatic rings. The maximum Gasteiger partial charge on any atom is 0.335 e. The maximum absolute atomic E-state index is 11.4. The summed E-state index contributed by atoms with van der Waals surface area (Å²) >= 11 is 0. The molecule has 4 heteroatoms. The molecule has 50 heavy (non-hydrogen) atoms. The van der Waals surface area contributed by atoms with E-state index in [1.165, 1.54) is 81.8 Å². The highest BCUT2D eigenvalue weighted by Gasteiger charge is 2.69. The van der Waals surface area contributed by atoms with Gasteiger partial charge in [-0.05, 0) is 132 Å². The maximum atomic E-state index is 11.4. The van der Waals surface area contributed by atoms with Gasteiger partial charge in [-0.1, -0.05) is 79.5 Å². The van der Waals surface area contributed by atoms with E-state index < -0.39 is 5.97 Å². The van der Waals surface area contributed by atoms with Gasteiger partial charge in [0.15, 0.2) is 0 Å². The second kappa shape index (κ2) is 16.7. The number of benzene rings is 1. The van der Waals surface area contributed by atoms with Crippen molar-refractivity contribution in [2.75, 3.05) is 14.1 Å². The lowest BCUT2D eigenvalue weighted by atomic mass is 9.32. The Labute approximate surface area is 306 Å².